The number of nitrogens with two attached hydrogens (primary N) is 1. The van der Waals surface area contributed by atoms with E-state index in [1.807, 2.05) is 0 Å². The van der Waals surface area contributed by atoms with E-state index in [9.17, 15) is 0 Å². The SMILES string of the molecule is NC1CCC2(CC1)c1ccccc1C=Cc1ccccc12. The number of hydrogen-bond acceptors (Lipinski definition) is 1. The van der Waals surface area contributed by atoms with Crippen molar-refractivity contribution in [2.75, 3.05) is 0 Å². The monoisotopic (exact) mass is 275 g/mol. The van der Waals surface area contributed by atoms with Crippen molar-refractivity contribution in [3.05, 3.63) is 70.8 Å². The lowest BCUT2D eigenvalue weighted by atomic mass is 9.63. The summed E-state index contributed by atoms with van der Waals surface area (Å²) in [6.07, 6.45) is 9.09. The minimum absolute atomic E-state index is 0.145. The van der Waals surface area contributed by atoms with Gasteiger partial charge in [0.2, 0.25) is 0 Å². The molecule has 0 saturated heterocycles. The van der Waals surface area contributed by atoms with Gasteiger partial charge in [-0.3, -0.25) is 0 Å². The average Bonchev–Trinajstić information content (AvgIpc) is 2.67. The Balaban J connectivity index is 1.98. The van der Waals surface area contributed by atoms with E-state index in [0.717, 1.165) is 25.7 Å². The Morgan fingerprint density at radius 2 is 1.24 bits per heavy atom. The van der Waals surface area contributed by atoms with Crippen LogP contribution in [0.1, 0.15) is 47.9 Å². The van der Waals surface area contributed by atoms with Crippen LogP contribution in [0, 0.1) is 0 Å². The first-order valence-corrected chi connectivity index (χ1v) is 7.92. The maximum atomic E-state index is 6.19. The van der Waals surface area contributed by atoms with E-state index in [1.54, 1.807) is 0 Å². The normalized spacial score (nSPS) is 19.9. The first kappa shape index (κ1) is 12.8. The molecule has 2 aromatic carbocycles. The van der Waals surface area contributed by atoms with Crippen LogP contribution in [0.3, 0.4) is 0 Å². The van der Waals surface area contributed by atoms with Gasteiger partial charge in [0.1, 0.15) is 0 Å². The molecule has 0 aliphatic heterocycles. The molecule has 0 unspecified atom stereocenters. The summed E-state index contributed by atoms with van der Waals surface area (Å²) in [5, 5.41) is 0. The van der Waals surface area contributed by atoms with Crippen LogP contribution in [-0.4, -0.2) is 6.04 Å². The summed E-state index contributed by atoms with van der Waals surface area (Å²) < 4.78 is 0. The van der Waals surface area contributed by atoms with E-state index in [4.69, 9.17) is 5.73 Å². The highest BCUT2D eigenvalue weighted by Crippen LogP contribution is 2.48. The highest BCUT2D eigenvalue weighted by molar-refractivity contribution is 5.77. The number of fused-ring (bicyclic) bond motifs is 4. The van der Waals surface area contributed by atoms with Crippen LogP contribution in [0.4, 0.5) is 0 Å². The molecule has 2 aliphatic rings. The zero-order valence-electron chi connectivity index (χ0n) is 12.3. The maximum Gasteiger partial charge on any atom is 0.0215 e. The predicted octanol–water partition coefficient (Wildman–Crippen LogP) is 4.36. The van der Waals surface area contributed by atoms with Gasteiger partial charge in [0.25, 0.3) is 0 Å². The summed E-state index contributed by atoms with van der Waals surface area (Å²) in [5.41, 5.74) is 12.0. The summed E-state index contributed by atoms with van der Waals surface area (Å²) >= 11 is 0. The Hall–Kier alpha value is -1.86. The van der Waals surface area contributed by atoms with E-state index in [-0.39, 0.29) is 5.41 Å². The van der Waals surface area contributed by atoms with Crippen LogP contribution >= 0.6 is 0 Å². The van der Waals surface area contributed by atoms with E-state index in [0.29, 0.717) is 6.04 Å². The van der Waals surface area contributed by atoms with Gasteiger partial charge in [-0.2, -0.15) is 0 Å². The second kappa shape index (κ2) is 4.85. The van der Waals surface area contributed by atoms with E-state index in [1.165, 1.54) is 22.3 Å². The van der Waals surface area contributed by atoms with Crippen LogP contribution < -0.4 is 5.73 Å². The van der Waals surface area contributed by atoms with Crippen molar-refractivity contribution in [1.82, 2.24) is 0 Å². The van der Waals surface area contributed by atoms with Crippen molar-refractivity contribution in [3.8, 4) is 0 Å². The Bertz CT molecular complexity index is 639. The van der Waals surface area contributed by atoms with Gasteiger partial charge in [-0.05, 0) is 47.9 Å². The van der Waals surface area contributed by atoms with Crippen molar-refractivity contribution < 1.29 is 0 Å². The standard InChI is InChI=1S/C20H21N/c21-17-11-13-20(14-12-17)18-7-3-1-5-15(18)9-10-16-6-2-4-8-19(16)20/h1-10,17H,11-14,21H2. The molecule has 2 aromatic rings. The van der Waals surface area contributed by atoms with Crippen LogP contribution in [0.2, 0.25) is 0 Å². The van der Waals surface area contributed by atoms with Gasteiger partial charge in [0.05, 0.1) is 0 Å². The van der Waals surface area contributed by atoms with Gasteiger partial charge in [-0.1, -0.05) is 60.7 Å². The molecule has 1 saturated carbocycles. The molecular weight excluding hydrogens is 254 g/mol. The quantitative estimate of drug-likeness (QED) is 0.759. The minimum Gasteiger partial charge on any atom is -0.328 e. The highest BCUT2D eigenvalue weighted by Gasteiger charge is 2.40. The molecule has 106 valence electrons. The number of benzene rings is 2. The van der Waals surface area contributed by atoms with Crippen molar-refractivity contribution in [1.29, 1.82) is 0 Å². The topological polar surface area (TPSA) is 26.0 Å². The van der Waals surface area contributed by atoms with E-state index < -0.39 is 0 Å². The second-order valence-corrected chi connectivity index (χ2v) is 6.43. The van der Waals surface area contributed by atoms with Crippen LogP contribution in [0.5, 0.6) is 0 Å². The lowest BCUT2D eigenvalue weighted by Gasteiger charge is -2.41. The van der Waals surface area contributed by atoms with Gasteiger partial charge in [-0.25, -0.2) is 0 Å². The fourth-order valence-electron chi connectivity index (χ4n) is 4.15. The van der Waals surface area contributed by atoms with Gasteiger partial charge < -0.3 is 5.73 Å². The fraction of sp³-hybridized carbons (Fsp3) is 0.300. The largest absolute Gasteiger partial charge is 0.328 e. The molecule has 0 aromatic heterocycles. The van der Waals surface area contributed by atoms with E-state index >= 15 is 0 Å². The van der Waals surface area contributed by atoms with Gasteiger partial charge in [0, 0.05) is 11.5 Å². The summed E-state index contributed by atoms with van der Waals surface area (Å²) in [4.78, 5) is 0. The predicted molar refractivity (Wildman–Crippen MR) is 89.0 cm³/mol. The average molecular weight is 275 g/mol. The fourth-order valence-corrected chi connectivity index (χ4v) is 4.15. The number of rotatable bonds is 0. The minimum atomic E-state index is 0.145. The molecule has 1 nitrogen and oxygen atoms in total. The third-order valence-corrected chi connectivity index (χ3v) is 5.28. The highest BCUT2D eigenvalue weighted by atomic mass is 14.6. The first-order chi connectivity index (χ1) is 10.3. The van der Waals surface area contributed by atoms with Crippen LogP contribution in [0.15, 0.2) is 48.5 Å². The summed E-state index contributed by atoms with van der Waals surface area (Å²) in [5.74, 6) is 0. The molecule has 2 aliphatic carbocycles. The molecule has 1 fully saturated rings. The number of hydrogen-bond donors (Lipinski definition) is 1. The molecule has 0 heterocycles. The Kier molecular flexibility index (Phi) is 2.97. The van der Waals surface area contributed by atoms with Crippen molar-refractivity contribution in [3.63, 3.8) is 0 Å². The second-order valence-electron chi connectivity index (χ2n) is 6.43. The third-order valence-electron chi connectivity index (χ3n) is 5.28. The van der Waals surface area contributed by atoms with Crippen molar-refractivity contribution >= 4 is 12.2 Å². The summed E-state index contributed by atoms with van der Waals surface area (Å²) in [6.45, 7) is 0. The molecule has 0 atom stereocenters. The third kappa shape index (κ3) is 1.96. The zero-order chi connectivity index (χ0) is 14.3. The van der Waals surface area contributed by atoms with Gasteiger partial charge in [0.15, 0.2) is 0 Å². The Morgan fingerprint density at radius 1 is 0.762 bits per heavy atom. The smallest absolute Gasteiger partial charge is 0.0215 e. The van der Waals surface area contributed by atoms with E-state index in [2.05, 4.69) is 60.7 Å². The maximum absolute atomic E-state index is 6.19. The zero-order valence-corrected chi connectivity index (χ0v) is 12.3. The van der Waals surface area contributed by atoms with Crippen LogP contribution in [-0.2, 0) is 5.41 Å². The molecule has 1 spiro atoms. The van der Waals surface area contributed by atoms with Crippen LogP contribution in [0.25, 0.3) is 12.2 Å². The molecule has 0 radical (unpaired) electrons. The molecular formula is C20H21N. The molecule has 0 bridgehead atoms. The molecule has 0 amide bonds. The molecule has 1 heteroatoms. The first-order valence-electron chi connectivity index (χ1n) is 7.92. The summed E-state index contributed by atoms with van der Waals surface area (Å²) in [7, 11) is 0. The van der Waals surface area contributed by atoms with Gasteiger partial charge in [-0.15, -0.1) is 0 Å². The molecule has 2 N–H and O–H groups in total. The van der Waals surface area contributed by atoms with Crippen molar-refractivity contribution in [2.24, 2.45) is 5.73 Å². The Morgan fingerprint density at radius 3 is 1.76 bits per heavy atom. The molecule has 4 rings (SSSR count). The van der Waals surface area contributed by atoms with Crippen molar-refractivity contribution in [2.45, 2.75) is 37.1 Å². The Labute approximate surface area is 126 Å². The lowest BCUT2D eigenvalue weighted by molar-refractivity contribution is 0.315. The summed E-state index contributed by atoms with van der Waals surface area (Å²) in [6, 6.07) is 18.1. The molecule has 21 heavy (non-hydrogen) atoms. The lowest BCUT2D eigenvalue weighted by Crippen LogP contribution is -2.38. The van der Waals surface area contributed by atoms with Gasteiger partial charge >= 0.3 is 0 Å².